The van der Waals surface area contributed by atoms with Gasteiger partial charge in [0.05, 0.1) is 12.0 Å². The smallest absolute Gasteiger partial charge is 0.405 e. The second kappa shape index (κ2) is 8.02. The van der Waals surface area contributed by atoms with E-state index in [1.807, 2.05) is 12.1 Å². The van der Waals surface area contributed by atoms with E-state index in [4.69, 9.17) is 4.18 Å². The predicted molar refractivity (Wildman–Crippen MR) is 115 cm³/mol. The molecular formula is C22H14BrF3O3S. The normalized spacial score (nSPS) is 13.0. The molecule has 154 valence electrons. The minimum Gasteiger partial charge on any atom is -0.405 e. The molecule has 0 heterocycles. The predicted octanol–water partition coefficient (Wildman–Crippen LogP) is 6.99. The van der Waals surface area contributed by atoms with Crippen LogP contribution in [-0.4, -0.2) is 17.7 Å². The van der Waals surface area contributed by atoms with Gasteiger partial charge in [0, 0.05) is 15.6 Å². The van der Waals surface area contributed by atoms with Crippen molar-refractivity contribution in [2.24, 2.45) is 0 Å². The molecule has 0 N–H and O–H groups in total. The maximum Gasteiger partial charge on any atom is 0.573 e. The zero-order valence-corrected chi connectivity index (χ0v) is 17.9. The minimum absolute atomic E-state index is 0.203. The standard InChI is InChI=1S/C22H14BrF3O3S/c1-28-30(27)19-11-7-13-4-2-3-5-16(13)21(19)20-17-9-8-15(23)12-14(17)6-10-18(20)29-22(24,25)26/h2-12H,1H3. The molecule has 0 saturated carbocycles. The number of hydrogen-bond acceptors (Lipinski definition) is 3. The number of ether oxygens (including phenoxy) is 1. The van der Waals surface area contributed by atoms with Gasteiger partial charge in [0.25, 0.3) is 0 Å². The second-order valence-electron chi connectivity index (χ2n) is 6.41. The number of hydrogen-bond donors (Lipinski definition) is 0. The molecule has 0 aliphatic carbocycles. The van der Waals surface area contributed by atoms with Crippen molar-refractivity contribution in [1.82, 2.24) is 0 Å². The number of benzene rings is 4. The average Bonchev–Trinajstić information content (AvgIpc) is 2.71. The topological polar surface area (TPSA) is 35.5 Å². The lowest BCUT2D eigenvalue weighted by molar-refractivity contribution is -0.274. The summed E-state index contributed by atoms with van der Waals surface area (Å²) in [5.41, 5.74) is 0.579. The lowest BCUT2D eigenvalue weighted by Gasteiger charge is -2.19. The largest absolute Gasteiger partial charge is 0.573 e. The summed E-state index contributed by atoms with van der Waals surface area (Å²) in [5.74, 6) is -0.372. The van der Waals surface area contributed by atoms with Gasteiger partial charge in [-0.25, -0.2) is 4.21 Å². The first-order valence-corrected chi connectivity index (χ1v) is 10.6. The van der Waals surface area contributed by atoms with E-state index in [-0.39, 0.29) is 16.2 Å². The zero-order chi connectivity index (χ0) is 21.5. The van der Waals surface area contributed by atoms with Crippen molar-refractivity contribution in [3.05, 3.63) is 71.2 Å². The molecule has 4 aromatic rings. The monoisotopic (exact) mass is 494 g/mol. The van der Waals surface area contributed by atoms with Gasteiger partial charge >= 0.3 is 6.36 Å². The fourth-order valence-electron chi connectivity index (χ4n) is 3.49. The molecule has 0 aromatic heterocycles. The third kappa shape index (κ3) is 3.95. The highest BCUT2D eigenvalue weighted by Gasteiger charge is 2.33. The van der Waals surface area contributed by atoms with Crippen molar-refractivity contribution >= 4 is 48.6 Å². The van der Waals surface area contributed by atoms with E-state index < -0.39 is 17.4 Å². The summed E-state index contributed by atoms with van der Waals surface area (Å²) >= 11 is 1.51. The van der Waals surface area contributed by atoms with Gasteiger partial charge in [-0.1, -0.05) is 58.4 Å². The van der Waals surface area contributed by atoms with Crippen LogP contribution in [0.25, 0.3) is 32.7 Å². The number of rotatable bonds is 4. The van der Waals surface area contributed by atoms with Crippen LogP contribution in [0.2, 0.25) is 0 Å². The average molecular weight is 495 g/mol. The molecule has 1 unspecified atom stereocenters. The van der Waals surface area contributed by atoms with Crippen LogP contribution in [0, 0.1) is 0 Å². The van der Waals surface area contributed by atoms with Crippen LogP contribution >= 0.6 is 15.9 Å². The highest BCUT2D eigenvalue weighted by molar-refractivity contribution is 9.10. The third-order valence-corrected chi connectivity index (χ3v) is 6.14. The fraction of sp³-hybridized carbons (Fsp3) is 0.0909. The molecular weight excluding hydrogens is 481 g/mol. The van der Waals surface area contributed by atoms with E-state index >= 15 is 0 Å². The first-order chi connectivity index (χ1) is 14.3. The quantitative estimate of drug-likeness (QED) is 0.306. The van der Waals surface area contributed by atoms with E-state index in [1.54, 1.807) is 48.5 Å². The van der Waals surface area contributed by atoms with Gasteiger partial charge in [-0.05, 0) is 45.8 Å². The van der Waals surface area contributed by atoms with Gasteiger partial charge in [0.1, 0.15) is 5.75 Å². The Balaban J connectivity index is 2.18. The van der Waals surface area contributed by atoms with Crippen LogP contribution < -0.4 is 4.74 Å². The Morgan fingerprint density at radius 2 is 1.57 bits per heavy atom. The summed E-state index contributed by atoms with van der Waals surface area (Å²) in [6.07, 6.45) is -4.89. The van der Waals surface area contributed by atoms with Gasteiger partial charge in [-0.3, -0.25) is 4.18 Å². The molecule has 0 bridgehead atoms. The van der Waals surface area contributed by atoms with Crippen LogP contribution in [-0.2, 0) is 15.3 Å². The molecule has 0 fully saturated rings. The van der Waals surface area contributed by atoms with Crippen LogP contribution in [0.5, 0.6) is 5.75 Å². The Bertz CT molecular complexity index is 1290. The summed E-state index contributed by atoms with van der Waals surface area (Å²) in [6.45, 7) is 0. The van der Waals surface area contributed by atoms with Gasteiger partial charge in [-0.2, -0.15) is 0 Å². The Morgan fingerprint density at radius 1 is 0.867 bits per heavy atom. The van der Waals surface area contributed by atoms with E-state index in [9.17, 15) is 17.4 Å². The molecule has 4 rings (SSSR count). The molecule has 0 spiro atoms. The van der Waals surface area contributed by atoms with Crippen LogP contribution in [0.1, 0.15) is 0 Å². The van der Waals surface area contributed by atoms with Crippen molar-refractivity contribution in [3.8, 4) is 16.9 Å². The fourth-order valence-corrected chi connectivity index (χ4v) is 4.60. The molecule has 1 atom stereocenters. The SMILES string of the molecule is COS(=O)c1ccc2ccccc2c1-c1c(OC(F)(F)F)ccc2cc(Br)ccc12. The van der Waals surface area contributed by atoms with E-state index in [2.05, 4.69) is 20.7 Å². The highest BCUT2D eigenvalue weighted by atomic mass is 79.9. The molecule has 8 heteroatoms. The van der Waals surface area contributed by atoms with Crippen molar-refractivity contribution in [2.75, 3.05) is 7.11 Å². The van der Waals surface area contributed by atoms with Gasteiger partial charge < -0.3 is 4.74 Å². The van der Waals surface area contributed by atoms with Crippen LogP contribution in [0.15, 0.2) is 76.1 Å². The lowest BCUT2D eigenvalue weighted by Crippen LogP contribution is -2.18. The second-order valence-corrected chi connectivity index (χ2v) is 8.57. The molecule has 0 amide bonds. The third-order valence-electron chi connectivity index (χ3n) is 4.64. The first kappa shape index (κ1) is 20.8. The van der Waals surface area contributed by atoms with Gasteiger partial charge in [0.2, 0.25) is 0 Å². The Kier molecular flexibility index (Phi) is 5.57. The van der Waals surface area contributed by atoms with E-state index in [1.165, 1.54) is 13.2 Å². The van der Waals surface area contributed by atoms with Crippen LogP contribution in [0.3, 0.4) is 0 Å². The highest BCUT2D eigenvalue weighted by Crippen LogP contribution is 2.45. The Morgan fingerprint density at radius 3 is 2.30 bits per heavy atom. The Hall–Kier alpha value is -2.42. The molecule has 0 saturated heterocycles. The van der Waals surface area contributed by atoms with E-state index in [0.29, 0.717) is 21.7 Å². The first-order valence-electron chi connectivity index (χ1n) is 8.75. The van der Waals surface area contributed by atoms with Crippen LogP contribution in [0.4, 0.5) is 13.2 Å². The summed E-state index contributed by atoms with van der Waals surface area (Å²) < 4.78 is 62.5. The summed E-state index contributed by atoms with van der Waals surface area (Å²) in [6, 6.07) is 18.7. The zero-order valence-electron chi connectivity index (χ0n) is 15.5. The van der Waals surface area contributed by atoms with Gasteiger partial charge in [0.15, 0.2) is 11.1 Å². The number of fused-ring (bicyclic) bond motifs is 2. The Labute approximate surface area is 181 Å². The van der Waals surface area contributed by atoms with Crippen molar-refractivity contribution < 1.29 is 26.3 Å². The lowest BCUT2D eigenvalue weighted by atomic mass is 9.93. The maximum atomic E-state index is 13.2. The van der Waals surface area contributed by atoms with Crippen molar-refractivity contribution in [1.29, 1.82) is 0 Å². The molecule has 0 aliphatic heterocycles. The van der Waals surface area contributed by atoms with Gasteiger partial charge in [-0.15, -0.1) is 13.2 Å². The summed E-state index contributed by atoms with van der Waals surface area (Å²) in [5, 5.41) is 2.67. The summed E-state index contributed by atoms with van der Waals surface area (Å²) in [4.78, 5) is 0.263. The molecule has 30 heavy (non-hydrogen) atoms. The molecule has 0 aliphatic rings. The van der Waals surface area contributed by atoms with Crippen molar-refractivity contribution in [3.63, 3.8) is 0 Å². The molecule has 3 nitrogen and oxygen atoms in total. The number of halogens is 4. The molecule has 0 radical (unpaired) electrons. The molecule has 4 aromatic carbocycles. The number of alkyl halides is 3. The van der Waals surface area contributed by atoms with Crippen molar-refractivity contribution in [2.45, 2.75) is 11.3 Å². The summed E-state index contributed by atoms with van der Waals surface area (Å²) in [7, 11) is 1.28. The minimum atomic E-state index is -4.89. The maximum absolute atomic E-state index is 13.2. The van der Waals surface area contributed by atoms with E-state index in [0.717, 1.165) is 9.86 Å².